The van der Waals surface area contributed by atoms with Crippen LogP contribution in [0.15, 0.2) is 22.2 Å². The number of nitrogens with zero attached hydrogens (tertiary/aromatic N) is 1. The molecule has 0 saturated heterocycles. The molecule has 1 aromatic rings. The molecule has 0 spiro atoms. The minimum atomic E-state index is -0.205. The summed E-state index contributed by atoms with van der Waals surface area (Å²) >= 11 is 1.23. The molecule has 1 heterocycles. The molecule has 0 unspecified atom stereocenters. The van der Waals surface area contributed by atoms with E-state index in [0.29, 0.717) is 11.1 Å². The van der Waals surface area contributed by atoms with Crippen molar-refractivity contribution in [3.63, 3.8) is 0 Å². The van der Waals surface area contributed by atoms with Gasteiger partial charge in [-0.25, -0.2) is 4.98 Å². The second kappa shape index (κ2) is 7.99. The molecule has 2 N–H and O–H groups in total. The first-order chi connectivity index (χ1) is 8.97. The Bertz CT molecular complexity index is 459. The smallest absolute Gasteiger partial charge is 0.251 e. The van der Waals surface area contributed by atoms with E-state index < -0.39 is 0 Å². The predicted molar refractivity (Wildman–Crippen MR) is 77.3 cm³/mol. The quantitative estimate of drug-likeness (QED) is 0.591. The lowest BCUT2D eigenvalue weighted by molar-refractivity contribution is -0.119. The van der Waals surface area contributed by atoms with Crippen molar-refractivity contribution in [3.05, 3.63) is 22.6 Å². The Labute approximate surface area is 117 Å². The number of hydrogen-bond donors (Lipinski definition) is 2. The average Bonchev–Trinajstić information content (AvgIpc) is 2.34. The number of H-pyrrole nitrogens is 1. The molecule has 0 fully saturated rings. The summed E-state index contributed by atoms with van der Waals surface area (Å²) in [7, 11) is 0. The molecule has 1 rings (SSSR count). The average molecular weight is 283 g/mol. The first-order valence-electron chi connectivity index (χ1n) is 6.45. The van der Waals surface area contributed by atoms with Gasteiger partial charge < -0.3 is 10.3 Å². The molecule has 1 atom stereocenters. The second-order valence-electron chi connectivity index (χ2n) is 4.97. The normalized spacial score (nSPS) is 12.4. The van der Waals surface area contributed by atoms with Gasteiger partial charge in [0.2, 0.25) is 5.91 Å². The molecule has 19 heavy (non-hydrogen) atoms. The standard InChI is InChI=1S/C13H21N3O2S/c1-9(2)4-5-10(3)15-12(18)8-19-13-14-7-6-11(17)16-13/h6-7,9-10H,4-5,8H2,1-3H3,(H,15,18)(H,14,16,17)/t10-/m1/s1. The maximum atomic E-state index is 11.7. The van der Waals surface area contributed by atoms with E-state index in [4.69, 9.17) is 0 Å². The zero-order valence-electron chi connectivity index (χ0n) is 11.6. The molecule has 0 radical (unpaired) electrons. The number of amides is 1. The van der Waals surface area contributed by atoms with Gasteiger partial charge >= 0.3 is 0 Å². The third-order valence-corrected chi connectivity index (χ3v) is 3.46. The molecular weight excluding hydrogens is 262 g/mol. The summed E-state index contributed by atoms with van der Waals surface area (Å²) in [4.78, 5) is 29.3. The van der Waals surface area contributed by atoms with Crippen LogP contribution < -0.4 is 10.9 Å². The van der Waals surface area contributed by atoms with Crippen molar-refractivity contribution in [3.8, 4) is 0 Å². The molecule has 6 heteroatoms. The van der Waals surface area contributed by atoms with Crippen molar-refractivity contribution in [2.45, 2.75) is 44.8 Å². The van der Waals surface area contributed by atoms with E-state index in [0.717, 1.165) is 12.8 Å². The van der Waals surface area contributed by atoms with Crippen LogP contribution in [0.25, 0.3) is 0 Å². The van der Waals surface area contributed by atoms with Crippen molar-refractivity contribution >= 4 is 17.7 Å². The predicted octanol–water partition coefficient (Wildman–Crippen LogP) is 1.80. The van der Waals surface area contributed by atoms with Crippen LogP contribution in [0.4, 0.5) is 0 Å². The van der Waals surface area contributed by atoms with E-state index in [9.17, 15) is 9.59 Å². The summed E-state index contributed by atoms with van der Waals surface area (Å²) in [6.45, 7) is 6.34. The third-order valence-electron chi connectivity index (χ3n) is 2.57. The Morgan fingerprint density at radius 3 is 2.79 bits per heavy atom. The van der Waals surface area contributed by atoms with Gasteiger partial charge in [-0.2, -0.15) is 0 Å². The van der Waals surface area contributed by atoms with Gasteiger partial charge in [-0.05, 0) is 25.7 Å². The number of thioether (sulfide) groups is 1. The van der Waals surface area contributed by atoms with Gasteiger partial charge in [0.15, 0.2) is 5.16 Å². The third kappa shape index (κ3) is 7.00. The Morgan fingerprint density at radius 2 is 2.16 bits per heavy atom. The fourth-order valence-corrected chi connectivity index (χ4v) is 2.19. The summed E-state index contributed by atoms with van der Waals surface area (Å²) in [5.41, 5.74) is -0.205. The van der Waals surface area contributed by atoms with Crippen LogP contribution in [0.3, 0.4) is 0 Å². The minimum absolute atomic E-state index is 0.0345. The van der Waals surface area contributed by atoms with Crippen LogP contribution in [0.5, 0.6) is 0 Å². The van der Waals surface area contributed by atoms with Gasteiger partial charge in [0, 0.05) is 18.3 Å². The van der Waals surface area contributed by atoms with Crippen molar-refractivity contribution in [1.29, 1.82) is 0 Å². The lowest BCUT2D eigenvalue weighted by Gasteiger charge is -2.14. The van der Waals surface area contributed by atoms with Crippen molar-refractivity contribution in [1.82, 2.24) is 15.3 Å². The fraction of sp³-hybridized carbons (Fsp3) is 0.615. The van der Waals surface area contributed by atoms with E-state index in [-0.39, 0.29) is 23.3 Å². The zero-order valence-corrected chi connectivity index (χ0v) is 12.4. The molecule has 5 nitrogen and oxygen atoms in total. The van der Waals surface area contributed by atoms with Crippen LogP contribution in [0.2, 0.25) is 0 Å². The highest BCUT2D eigenvalue weighted by molar-refractivity contribution is 7.99. The molecule has 0 aliphatic rings. The van der Waals surface area contributed by atoms with Gasteiger partial charge in [0.1, 0.15) is 0 Å². The second-order valence-corrected chi connectivity index (χ2v) is 5.93. The minimum Gasteiger partial charge on any atom is -0.353 e. The summed E-state index contributed by atoms with van der Waals surface area (Å²) in [6.07, 6.45) is 3.51. The highest BCUT2D eigenvalue weighted by Gasteiger charge is 2.09. The lowest BCUT2D eigenvalue weighted by atomic mass is 10.0. The highest BCUT2D eigenvalue weighted by atomic mass is 32.2. The van der Waals surface area contributed by atoms with E-state index in [1.807, 2.05) is 6.92 Å². The van der Waals surface area contributed by atoms with E-state index in [2.05, 4.69) is 29.1 Å². The first kappa shape index (κ1) is 15.8. The molecule has 0 bridgehead atoms. The molecule has 0 aliphatic heterocycles. The number of carbonyl (C=O) groups excluding carboxylic acids is 1. The maximum absolute atomic E-state index is 11.7. The highest BCUT2D eigenvalue weighted by Crippen LogP contribution is 2.10. The summed E-state index contributed by atoms with van der Waals surface area (Å²) in [5, 5.41) is 3.41. The van der Waals surface area contributed by atoms with Gasteiger partial charge in [-0.15, -0.1) is 0 Å². The van der Waals surface area contributed by atoms with E-state index in [1.54, 1.807) is 0 Å². The summed E-state index contributed by atoms with van der Waals surface area (Å²) < 4.78 is 0. The number of aromatic amines is 1. The summed E-state index contributed by atoms with van der Waals surface area (Å²) in [6, 6.07) is 1.52. The monoisotopic (exact) mass is 283 g/mol. The van der Waals surface area contributed by atoms with E-state index in [1.165, 1.54) is 24.0 Å². The molecule has 1 aromatic heterocycles. The Hall–Kier alpha value is -1.30. The number of rotatable bonds is 7. The van der Waals surface area contributed by atoms with Gasteiger partial charge in [0.25, 0.3) is 5.56 Å². The van der Waals surface area contributed by atoms with Gasteiger partial charge in [-0.3, -0.25) is 9.59 Å². The number of hydrogen-bond acceptors (Lipinski definition) is 4. The SMILES string of the molecule is CC(C)CC[C@@H](C)NC(=O)CSc1nccc(=O)[nH]1. The van der Waals surface area contributed by atoms with Crippen molar-refractivity contribution in [2.24, 2.45) is 5.92 Å². The molecule has 0 aliphatic carbocycles. The Kier molecular flexibility index (Phi) is 6.62. The lowest BCUT2D eigenvalue weighted by Crippen LogP contribution is -2.34. The molecule has 0 aromatic carbocycles. The zero-order chi connectivity index (χ0) is 14.3. The van der Waals surface area contributed by atoms with Crippen LogP contribution in [-0.2, 0) is 4.79 Å². The number of nitrogens with one attached hydrogen (secondary N) is 2. The van der Waals surface area contributed by atoms with E-state index >= 15 is 0 Å². The Morgan fingerprint density at radius 1 is 1.42 bits per heavy atom. The van der Waals surface area contributed by atoms with Crippen molar-refractivity contribution < 1.29 is 4.79 Å². The summed E-state index contributed by atoms with van der Waals surface area (Å²) in [5.74, 6) is 0.874. The molecule has 1 amide bonds. The number of aromatic nitrogens is 2. The molecule has 106 valence electrons. The van der Waals surface area contributed by atoms with Crippen LogP contribution >= 0.6 is 11.8 Å². The maximum Gasteiger partial charge on any atom is 0.251 e. The topological polar surface area (TPSA) is 74.8 Å². The molecule has 0 saturated carbocycles. The van der Waals surface area contributed by atoms with Crippen molar-refractivity contribution in [2.75, 3.05) is 5.75 Å². The van der Waals surface area contributed by atoms with Crippen LogP contribution in [0, 0.1) is 5.92 Å². The van der Waals surface area contributed by atoms with Crippen LogP contribution in [0.1, 0.15) is 33.6 Å². The fourth-order valence-electron chi connectivity index (χ4n) is 1.53. The largest absolute Gasteiger partial charge is 0.353 e. The van der Waals surface area contributed by atoms with Gasteiger partial charge in [0.05, 0.1) is 5.75 Å². The van der Waals surface area contributed by atoms with Crippen LogP contribution in [-0.4, -0.2) is 27.7 Å². The molecular formula is C13H21N3O2S. The first-order valence-corrected chi connectivity index (χ1v) is 7.43. The van der Waals surface area contributed by atoms with Gasteiger partial charge in [-0.1, -0.05) is 25.6 Å². The number of carbonyl (C=O) groups is 1. The Balaban J connectivity index is 2.29.